The fourth-order valence-electron chi connectivity index (χ4n) is 2.09. The van der Waals surface area contributed by atoms with Crippen molar-refractivity contribution in [2.75, 3.05) is 0 Å². The fraction of sp³-hybridized carbons (Fsp3) is 0.636. The lowest BCUT2D eigenvalue weighted by Crippen LogP contribution is -2.44. The van der Waals surface area contributed by atoms with Crippen molar-refractivity contribution in [3.8, 4) is 0 Å². The van der Waals surface area contributed by atoms with Gasteiger partial charge in [0.15, 0.2) is 0 Å². The Kier molecular flexibility index (Phi) is 4.45. The Labute approximate surface area is 110 Å². The number of carbonyl (C=O) groups is 2. The first kappa shape index (κ1) is 13.5. The van der Waals surface area contributed by atoms with Crippen LogP contribution in [-0.2, 0) is 17.9 Å². The molecule has 0 unspecified atom stereocenters. The Balaban J connectivity index is 1.75. The van der Waals surface area contributed by atoms with E-state index in [1.54, 1.807) is 0 Å². The van der Waals surface area contributed by atoms with Gasteiger partial charge in [-0.3, -0.25) is 10.1 Å². The summed E-state index contributed by atoms with van der Waals surface area (Å²) in [5.41, 5.74) is 0.378. The minimum atomic E-state index is -0.473. The van der Waals surface area contributed by atoms with Gasteiger partial charge >= 0.3 is 6.03 Å². The highest BCUT2D eigenvalue weighted by atomic mass is 16.3. The number of amides is 3. The molecule has 3 N–H and O–H groups in total. The molecular formula is C11H17N5O3. The molecule has 1 aromatic rings. The first-order valence-electron chi connectivity index (χ1n) is 6.27. The average Bonchev–Trinajstić information content (AvgIpc) is 3.00. The zero-order valence-electron chi connectivity index (χ0n) is 10.5. The van der Waals surface area contributed by atoms with Crippen molar-refractivity contribution in [2.24, 2.45) is 0 Å². The molecule has 1 aliphatic rings. The standard InChI is InChI=1S/C11H17N5O3/c17-7-9-5-16(15-14-9)6-10(18)13-11(19)12-8-3-1-2-4-8/h5,8,17H,1-4,6-7H2,(H2,12,13,18,19). The van der Waals surface area contributed by atoms with Crippen LogP contribution in [0.5, 0.6) is 0 Å². The van der Waals surface area contributed by atoms with E-state index >= 15 is 0 Å². The fourth-order valence-corrected chi connectivity index (χ4v) is 2.09. The van der Waals surface area contributed by atoms with Crippen molar-refractivity contribution in [1.29, 1.82) is 0 Å². The van der Waals surface area contributed by atoms with Crippen LogP contribution in [0.3, 0.4) is 0 Å². The molecule has 0 aromatic carbocycles. The number of aliphatic hydroxyl groups is 1. The monoisotopic (exact) mass is 267 g/mol. The molecule has 0 bridgehead atoms. The van der Waals surface area contributed by atoms with Crippen LogP contribution in [0, 0.1) is 0 Å². The Morgan fingerprint density at radius 3 is 2.79 bits per heavy atom. The molecule has 0 aliphatic heterocycles. The number of carbonyl (C=O) groups excluding carboxylic acids is 2. The Morgan fingerprint density at radius 2 is 2.16 bits per heavy atom. The minimum absolute atomic E-state index is 0.106. The van der Waals surface area contributed by atoms with Gasteiger partial charge in [0.25, 0.3) is 0 Å². The molecular weight excluding hydrogens is 250 g/mol. The smallest absolute Gasteiger partial charge is 0.321 e. The maximum absolute atomic E-state index is 11.6. The predicted octanol–water partition coefficient (Wildman–Crippen LogP) is -0.461. The summed E-state index contributed by atoms with van der Waals surface area (Å²) in [6.07, 6.45) is 5.60. The topological polar surface area (TPSA) is 109 Å². The van der Waals surface area contributed by atoms with Crippen LogP contribution in [0.4, 0.5) is 4.79 Å². The number of imide groups is 1. The quantitative estimate of drug-likeness (QED) is 0.684. The number of urea groups is 1. The van der Waals surface area contributed by atoms with Gasteiger partial charge in [0.05, 0.1) is 12.8 Å². The molecule has 1 heterocycles. The molecule has 8 nitrogen and oxygen atoms in total. The van der Waals surface area contributed by atoms with E-state index < -0.39 is 11.9 Å². The van der Waals surface area contributed by atoms with Gasteiger partial charge in [0.1, 0.15) is 12.2 Å². The molecule has 8 heteroatoms. The molecule has 0 atom stereocenters. The van der Waals surface area contributed by atoms with Gasteiger partial charge in [-0.1, -0.05) is 18.1 Å². The summed E-state index contributed by atoms with van der Waals surface area (Å²) in [5.74, 6) is -0.468. The summed E-state index contributed by atoms with van der Waals surface area (Å²) < 4.78 is 1.27. The molecule has 0 radical (unpaired) electrons. The number of hydrogen-bond donors (Lipinski definition) is 3. The second-order valence-corrected chi connectivity index (χ2v) is 4.57. The number of aliphatic hydroxyl groups excluding tert-OH is 1. The van der Waals surface area contributed by atoms with E-state index in [9.17, 15) is 9.59 Å². The van der Waals surface area contributed by atoms with Crippen LogP contribution < -0.4 is 10.6 Å². The Hall–Kier alpha value is -1.96. The van der Waals surface area contributed by atoms with Crippen LogP contribution >= 0.6 is 0 Å². The van der Waals surface area contributed by atoms with Crippen molar-refractivity contribution in [3.63, 3.8) is 0 Å². The van der Waals surface area contributed by atoms with Crippen molar-refractivity contribution in [3.05, 3.63) is 11.9 Å². The van der Waals surface area contributed by atoms with Crippen LogP contribution in [0.15, 0.2) is 6.20 Å². The van der Waals surface area contributed by atoms with E-state index in [1.165, 1.54) is 10.9 Å². The molecule has 1 aromatic heterocycles. The summed E-state index contributed by atoms with van der Waals surface area (Å²) in [6.45, 7) is -0.338. The summed E-state index contributed by atoms with van der Waals surface area (Å²) in [7, 11) is 0. The largest absolute Gasteiger partial charge is 0.390 e. The summed E-state index contributed by atoms with van der Waals surface area (Å²) in [5, 5.41) is 21.1. The van der Waals surface area contributed by atoms with E-state index in [1.807, 2.05) is 0 Å². The van der Waals surface area contributed by atoms with Gasteiger partial charge in [-0.05, 0) is 12.8 Å². The van der Waals surface area contributed by atoms with Crippen molar-refractivity contribution < 1.29 is 14.7 Å². The van der Waals surface area contributed by atoms with Crippen LogP contribution in [0.1, 0.15) is 31.4 Å². The number of aromatic nitrogens is 3. The van der Waals surface area contributed by atoms with E-state index in [-0.39, 0.29) is 19.2 Å². The molecule has 104 valence electrons. The predicted molar refractivity (Wildman–Crippen MR) is 64.9 cm³/mol. The number of nitrogens with zero attached hydrogens (tertiary/aromatic N) is 3. The number of rotatable bonds is 4. The van der Waals surface area contributed by atoms with Gasteiger partial charge in [-0.15, -0.1) is 5.10 Å². The van der Waals surface area contributed by atoms with E-state index in [0.717, 1.165) is 25.7 Å². The summed E-state index contributed by atoms with van der Waals surface area (Å²) in [6, 6.07) is -0.306. The number of hydrogen-bond acceptors (Lipinski definition) is 5. The van der Waals surface area contributed by atoms with Crippen molar-refractivity contribution in [2.45, 2.75) is 44.9 Å². The summed E-state index contributed by atoms with van der Waals surface area (Å²) >= 11 is 0. The second-order valence-electron chi connectivity index (χ2n) is 4.57. The van der Waals surface area contributed by atoms with Gasteiger partial charge in [-0.25, -0.2) is 9.48 Å². The third-order valence-electron chi connectivity index (χ3n) is 3.00. The van der Waals surface area contributed by atoms with E-state index in [0.29, 0.717) is 5.69 Å². The van der Waals surface area contributed by atoms with Gasteiger partial charge < -0.3 is 10.4 Å². The molecule has 19 heavy (non-hydrogen) atoms. The normalized spacial score (nSPS) is 15.4. The third-order valence-corrected chi connectivity index (χ3v) is 3.00. The maximum atomic E-state index is 11.6. The lowest BCUT2D eigenvalue weighted by molar-refractivity contribution is -0.120. The van der Waals surface area contributed by atoms with E-state index in [2.05, 4.69) is 20.9 Å². The molecule has 0 spiro atoms. The molecule has 0 saturated heterocycles. The van der Waals surface area contributed by atoms with Crippen LogP contribution in [0.2, 0.25) is 0 Å². The van der Waals surface area contributed by atoms with E-state index in [4.69, 9.17) is 5.11 Å². The molecule has 2 rings (SSSR count). The average molecular weight is 267 g/mol. The van der Waals surface area contributed by atoms with Crippen LogP contribution in [-0.4, -0.2) is 38.1 Å². The van der Waals surface area contributed by atoms with Crippen LogP contribution in [0.25, 0.3) is 0 Å². The molecule has 1 saturated carbocycles. The van der Waals surface area contributed by atoms with Crippen molar-refractivity contribution >= 4 is 11.9 Å². The Bertz CT molecular complexity index is 453. The lowest BCUT2D eigenvalue weighted by Gasteiger charge is -2.11. The second kappa shape index (κ2) is 6.28. The molecule has 1 aliphatic carbocycles. The maximum Gasteiger partial charge on any atom is 0.321 e. The highest BCUT2D eigenvalue weighted by Crippen LogP contribution is 2.17. The van der Waals surface area contributed by atoms with Crippen molar-refractivity contribution in [1.82, 2.24) is 25.6 Å². The Morgan fingerprint density at radius 1 is 1.42 bits per heavy atom. The SMILES string of the molecule is O=C(Cn1cc(CO)nn1)NC(=O)NC1CCCC1. The molecule has 1 fully saturated rings. The van der Waals surface area contributed by atoms with Gasteiger partial charge in [0.2, 0.25) is 5.91 Å². The zero-order valence-corrected chi connectivity index (χ0v) is 10.5. The number of nitrogens with one attached hydrogen (secondary N) is 2. The molecule has 3 amide bonds. The highest BCUT2D eigenvalue weighted by molar-refractivity contribution is 5.94. The third kappa shape index (κ3) is 4.02. The first-order chi connectivity index (χ1) is 9.17. The summed E-state index contributed by atoms with van der Waals surface area (Å²) in [4.78, 5) is 23.1. The van der Waals surface area contributed by atoms with Gasteiger partial charge in [0, 0.05) is 6.04 Å². The first-order valence-corrected chi connectivity index (χ1v) is 6.27. The zero-order chi connectivity index (χ0) is 13.7. The highest BCUT2D eigenvalue weighted by Gasteiger charge is 2.18. The lowest BCUT2D eigenvalue weighted by atomic mass is 10.2. The van der Waals surface area contributed by atoms with Gasteiger partial charge in [-0.2, -0.15) is 0 Å². The minimum Gasteiger partial charge on any atom is -0.390 e.